The first-order valence-electron chi connectivity index (χ1n) is 11.4. The summed E-state index contributed by atoms with van der Waals surface area (Å²) in [5, 5.41) is 14.7. The van der Waals surface area contributed by atoms with E-state index in [1.165, 1.54) is 22.3 Å². The second-order valence-corrected chi connectivity index (χ2v) is 9.67. The highest BCUT2D eigenvalue weighted by molar-refractivity contribution is 5.80. The van der Waals surface area contributed by atoms with Gasteiger partial charge in [0.1, 0.15) is 6.61 Å². The van der Waals surface area contributed by atoms with Gasteiger partial charge in [-0.05, 0) is 54.9 Å². The van der Waals surface area contributed by atoms with E-state index in [2.05, 4.69) is 34.9 Å². The number of rotatable bonds is 8. The molecule has 2 amide bonds. The zero-order chi connectivity index (χ0) is 23.6. The van der Waals surface area contributed by atoms with Crippen LogP contribution in [-0.4, -0.2) is 42.3 Å². The van der Waals surface area contributed by atoms with Crippen LogP contribution in [0.3, 0.4) is 0 Å². The molecule has 0 aromatic heterocycles. The molecule has 4 rings (SSSR count). The van der Waals surface area contributed by atoms with Gasteiger partial charge < -0.3 is 20.5 Å². The molecule has 0 aliphatic heterocycles. The van der Waals surface area contributed by atoms with E-state index in [1.807, 2.05) is 24.3 Å². The van der Waals surface area contributed by atoms with E-state index in [9.17, 15) is 14.4 Å². The number of carbonyl (C=O) groups excluding carboxylic acids is 2. The Kier molecular flexibility index (Phi) is 6.40. The van der Waals surface area contributed by atoms with Gasteiger partial charge in [-0.3, -0.25) is 9.59 Å². The monoisotopic (exact) mass is 450 g/mol. The summed E-state index contributed by atoms with van der Waals surface area (Å²) in [6, 6.07) is 16.4. The molecule has 2 aliphatic carbocycles. The Morgan fingerprint density at radius 3 is 2.15 bits per heavy atom. The normalized spacial score (nSPS) is 19.1. The first-order valence-corrected chi connectivity index (χ1v) is 11.4. The molecule has 0 bridgehead atoms. The van der Waals surface area contributed by atoms with Gasteiger partial charge >= 0.3 is 12.1 Å². The summed E-state index contributed by atoms with van der Waals surface area (Å²) in [4.78, 5) is 35.6. The van der Waals surface area contributed by atoms with Crippen molar-refractivity contribution in [1.29, 1.82) is 0 Å². The fourth-order valence-electron chi connectivity index (χ4n) is 4.56. The lowest BCUT2D eigenvalue weighted by Gasteiger charge is -2.35. The summed E-state index contributed by atoms with van der Waals surface area (Å²) < 4.78 is 5.58. The number of alkyl carbamates (subject to hydrolysis) is 1. The van der Waals surface area contributed by atoms with E-state index in [0.29, 0.717) is 19.3 Å². The third kappa shape index (κ3) is 5.02. The topological polar surface area (TPSA) is 105 Å². The summed E-state index contributed by atoms with van der Waals surface area (Å²) in [5.74, 6) is -0.902. The fourth-order valence-corrected chi connectivity index (χ4v) is 4.56. The Bertz CT molecular complexity index is 1010. The maximum atomic E-state index is 12.4. The number of fused-ring (bicyclic) bond motifs is 3. The van der Waals surface area contributed by atoms with Gasteiger partial charge in [0.2, 0.25) is 5.91 Å². The SMILES string of the molecule is CC(C)(CNC(=O)CC1CC(NC(=O)OCC2c3ccccc3-c3ccccc32)C1)C(=O)O. The van der Waals surface area contributed by atoms with Crippen molar-refractivity contribution >= 4 is 18.0 Å². The number of carboxylic acids is 1. The lowest BCUT2D eigenvalue weighted by atomic mass is 9.78. The highest BCUT2D eigenvalue weighted by Gasteiger charge is 2.34. The number of hydrogen-bond acceptors (Lipinski definition) is 4. The molecule has 2 aromatic carbocycles. The molecule has 0 spiro atoms. The highest BCUT2D eigenvalue weighted by Crippen LogP contribution is 2.44. The van der Waals surface area contributed by atoms with Crippen molar-refractivity contribution in [1.82, 2.24) is 10.6 Å². The lowest BCUT2D eigenvalue weighted by molar-refractivity contribution is -0.146. The molecule has 0 heterocycles. The quantitative estimate of drug-likeness (QED) is 0.565. The second kappa shape index (κ2) is 9.25. The van der Waals surface area contributed by atoms with Crippen LogP contribution in [-0.2, 0) is 14.3 Å². The lowest BCUT2D eigenvalue weighted by Crippen LogP contribution is -2.46. The van der Waals surface area contributed by atoms with Crippen molar-refractivity contribution in [2.24, 2.45) is 11.3 Å². The van der Waals surface area contributed by atoms with Crippen molar-refractivity contribution in [2.45, 2.75) is 45.1 Å². The number of hydrogen-bond donors (Lipinski definition) is 3. The number of aliphatic carboxylic acids is 1. The Labute approximate surface area is 193 Å². The predicted octanol–water partition coefficient (Wildman–Crippen LogP) is 3.92. The van der Waals surface area contributed by atoms with Gasteiger partial charge in [0, 0.05) is 24.9 Å². The minimum absolute atomic E-state index is 0.00564. The average Bonchev–Trinajstić information content (AvgIpc) is 3.08. The maximum Gasteiger partial charge on any atom is 0.407 e. The van der Waals surface area contributed by atoms with E-state index in [4.69, 9.17) is 9.84 Å². The second-order valence-electron chi connectivity index (χ2n) is 9.67. The summed E-state index contributed by atoms with van der Waals surface area (Å²) in [6.07, 6.45) is 1.31. The molecule has 7 heteroatoms. The summed E-state index contributed by atoms with van der Waals surface area (Å²) in [6.45, 7) is 3.52. The minimum Gasteiger partial charge on any atom is -0.481 e. The molecule has 0 atom stereocenters. The van der Waals surface area contributed by atoms with Gasteiger partial charge in [-0.1, -0.05) is 48.5 Å². The maximum absolute atomic E-state index is 12.4. The summed E-state index contributed by atoms with van der Waals surface area (Å²) >= 11 is 0. The molecule has 1 saturated carbocycles. The van der Waals surface area contributed by atoms with Crippen molar-refractivity contribution in [3.63, 3.8) is 0 Å². The molecule has 1 fully saturated rings. The van der Waals surface area contributed by atoms with Gasteiger partial charge in [0.15, 0.2) is 0 Å². The number of carboxylic acid groups (broad SMARTS) is 1. The van der Waals surface area contributed by atoms with Crippen LogP contribution in [0.5, 0.6) is 0 Å². The summed E-state index contributed by atoms with van der Waals surface area (Å²) in [7, 11) is 0. The molecular weight excluding hydrogens is 420 g/mol. The van der Waals surface area contributed by atoms with E-state index in [1.54, 1.807) is 13.8 Å². The van der Waals surface area contributed by atoms with Crippen molar-refractivity contribution < 1.29 is 24.2 Å². The predicted molar refractivity (Wildman–Crippen MR) is 124 cm³/mol. The number of benzene rings is 2. The smallest absolute Gasteiger partial charge is 0.407 e. The van der Waals surface area contributed by atoms with Gasteiger partial charge in [0.25, 0.3) is 0 Å². The number of amides is 2. The summed E-state index contributed by atoms with van der Waals surface area (Å²) in [5.41, 5.74) is 3.73. The molecule has 2 aliphatic rings. The van der Waals surface area contributed by atoms with Crippen molar-refractivity contribution in [2.75, 3.05) is 13.2 Å². The molecule has 0 radical (unpaired) electrons. The van der Waals surface area contributed by atoms with Crippen LogP contribution in [0, 0.1) is 11.3 Å². The third-order valence-electron chi connectivity index (χ3n) is 6.68. The fraction of sp³-hybridized carbons (Fsp3) is 0.423. The third-order valence-corrected chi connectivity index (χ3v) is 6.68. The largest absolute Gasteiger partial charge is 0.481 e. The minimum atomic E-state index is -0.997. The standard InChI is InChI=1S/C26H30N2O5/c1-26(2,24(30)31)15-27-23(29)13-16-11-17(12-16)28-25(32)33-14-22-20-9-5-3-7-18(20)19-8-4-6-10-21(19)22/h3-10,16-17,22H,11-15H2,1-2H3,(H,27,29)(H,28,32)(H,30,31). The molecule has 3 N–H and O–H groups in total. The van der Waals surface area contributed by atoms with Gasteiger partial charge in [-0.15, -0.1) is 0 Å². The molecule has 0 saturated heterocycles. The molecule has 0 unspecified atom stereocenters. The van der Waals surface area contributed by atoms with Gasteiger partial charge in [-0.25, -0.2) is 4.79 Å². The number of nitrogens with one attached hydrogen (secondary N) is 2. The van der Waals surface area contributed by atoms with Crippen LogP contribution in [0.4, 0.5) is 4.79 Å². The van der Waals surface area contributed by atoms with Crippen LogP contribution in [0.1, 0.15) is 50.2 Å². The first kappa shape index (κ1) is 22.8. The van der Waals surface area contributed by atoms with Crippen LogP contribution in [0.25, 0.3) is 11.1 Å². The Morgan fingerprint density at radius 2 is 1.58 bits per heavy atom. The Hall–Kier alpha value is -3.35. The van der Waals surface area contributed by atoms with Crippen molar-refractivity contribution in [3.05, 3.63) is 59.7 Å². The van der Waals surface area contributed by atoms with Crippen LogP contribution in [0.15, 0.2) is 48.5 Å². The number of ether oxygens (including phenoxy) is 1. The van der Waals surface area contributed by atoms with Crippen LogP contribution in [0.2, 0.25) is 0 Å². The van der Waals surface area contributed by atoms with Crippen LogP contribution >= 0.6 is 0 Å². The van der Waals surface area contributed by atoms with Gasteiger partial charge in [-0.2, -0.15) is 0 Å². The van der Waals surface area contributed by atoms with Gasteiger partial charge in [0.05, 0.1) is 5.41 Å². The number of carbonyl (C=O) groups is 3. The van der Waals surface area contributed by atoms with Crippen molar-refractivity contribution in [3.8, 4) is 11.1 Å². The molecule has 2 aromatic rings. The molecule has 7 nitrogen and oxygen atoms in total. The van der Waals surface area contributed by atoms with E-state index in [0.717, 1.165) is 0 Å². The Morgan fingerprint density at radius 1 is 1.00 bits per heavy atom. The van der Waals surface area contributed by atoms with E-state index < -0.39 is 17.5 Å². The van der Waals surface area contributed by atoms with E-state index >= 15 is 0 Å². The average molecular weight is 451 g/mol. The zero-order valence-electron chi connectivity index (χ0n) is 19.0. The first-order chi connectivity index (χ1) is 15.7. The zero-order valence-corrected chi connectivity index (χ0v) is 19.0. The van der Waals surface area contributed by atoms with E-state index in [-0.39, 0.29) is 36.9 Å². The highest BCUT2D eigenvalue weighted by atomic mass is 16.5. The Balaban J connectivity index is 1.20. The molecular formula is C26H30N2O5. The van der Waals surface area contributed by atoms with Crippen LogP contribution < -0.4 is 10.6 Å². The molecule has 174 valence electrons. The molecule has 33 heavy (non-hydrogen) atoms.